The highest BCUT2D eigenvalue weighted by Gasteiger charge is 2.40. The molecule has 17 heavy (non-hydrogen) atoms. The largest absolute Gasteiger partial charge is 0.386 e. The number of aliphatic hydroxyl groups is 1. The Kier molecular flexibility index (Phi) is 1.99. The third-order valence-corrected chi connectivity index (χ3v) is 3.25. The summed E-state index contributed by atoms with van der Waals surface area (Å²) in [5.41, 5.74) is -0.362. The van der Waals surface area contributed by atoms with Gasteiger partial charge in [0.05, 0.1) is 5.60 Å². The Morgan fingerprint density at radius 3 is 3.06 bits per heavy atom. The molecule has 1 aliphatic rings. The van der Waals surface area contributed by atoms with Crippen molar-refractivity contribution in [2.24, 2.45) is 0 Å². The number of nitrogens with zero attached hydrogens (tertiary/aromatic N) is 4. The molecule has 0 aromatic carbocycles. The van der Waals surface area contributed by atoms with Crippen molar-refractivity contribution in [1.29, 1.82) is 0 Å². The number of rotatable bonds is 2. The Morgan fingerprint density at radius 1 is 1.59 bits per heavy atom. The molecule has 1 saturated heterocycles. The number of anilines is 1. The molecule has 7 nitrogen and oxygen atoms in total. The number of hydrogen-bond acceptors (Lipinski definition) is 5. The van der Waals surface area contributed by atoms with E-state index < -0.39 is 5.60 Å². The number of hydrogen-bond donors (Lipinski definition) is 2. The van der Waals surface area contributed by atoms with Crippen molar-refractivity contribution in [3.63, 3.8) is 0 Å². The molecule has 7 heteroatoms. The number of fused-ring (bicyclic) bond motifs is 1. The predicted octanol–water partition coefficient (Wildman–Crippen LogP) is -0.621. The summed E-state index contributed by atoms with van der Waals surface area (Å²) in [4.78, 5) is 17.4. The lowest BCUT2D eigenvalue weighted by atomic mass is 9.91. The summed E-state index contributed by atoms with van der Waals surface area (Å²) in [6.07, 6.45) is 2.17. The van der Waals surface area contributed by atoms with E-state index in [1.54, 1.807) is 6.07 Å². The lowest BCUT2D eigenvalue weighted by Crippen LogP contribution is -2.61. The van der Waals surface area contributed by atoms with Gasteiger partial charge in [-0.25, -0.2) is 19.3 Å². The van der Waals surface area contributed by atoms with Crippen LogP contribution < -0.4 is 10.6 Å². The van der Waals surface area contributed by atoms with Crippen LogP contribution in [-0.4, -0.2) is 43.4 Å². The maximum Gasteiger partial charge on any atom is 0.348 e. The summed E-state index contributed by atoms with van der Waals surface area (Å²) in [5.74, 6) is 0.731. The number of nitrogens with one attached hydrogen (secondary N) is 1. The highest BCUT2D eigenvalue weighted by Crippen LogP contribution is 2.28. The average Bonchev–Trinajstić information content (AvgIpc) is 2.66. The average molecular weight is 235 g/mol. The van der Waals surface area contributed by atoms with Gasteiger partial charge in [0, 0.05) is 19.2 Å². The number of aromatic nitrogens is 4. The van der Waals surface area contributed by atoms with Gasteiger partial charge in [0.2, 0.25) is 0 Å². The smallest absolute Gasteiger partial charge is 0.348 e. The monoisotopic (exact) mass is 235 g/mol. The van der Waals surface area contributed by atoms with Gasteiger partial charge in [-0.2, -0.15) is 5.10 Å². The minimum Gasteiger partial charge on any atom is -0.386 e. The van der Waals surface area contributed by atoms with Gasteiger partial charge in [-0.3, -0.25) is 0 Å². The van der Waals surface area contributed by atoms with Crippen LogP contribution >= 0.6 is 0 Å². The van der Waals surface area contributed by atoms with Gasteiger partial charge in [-0.1, -0.05) is 6.92 Å². The molecule has 1 fully saturated rings. The second kappa shape index (κ2) is 3.30. The Labute approximate surface area is 96.7 Å². The first-order valence-electron chi connectivity index (χ1n) is 5.51. The first-order valence-corrected chi connectivity index (χ1v) is 5.51. The summed E-state index contributed by atoms with van der Waals surface area (Å²) in [5, 5.41) is 16.1. The maximum atomic E-state index is 11.2. The van der Waals surface area contributed by atoms with Crippen LogP contribution in [0.1, 0.15) is 13.3 Å². The molecular formula is C10H13N5O2. The number of β-amino-alcohol motifs (C(OH)–C–C–N with tert-alkyl or cyclic N) is 1. The Bertz CT molecular complexity index is 610. The molecule has 90 valence electrons. The van der Waals surface area contributed by atoms with E-state index in [-0.39, 0.29) is 5.69 Å². The molecule has 0 aliphatic carbocycles. The zero-order chi connectivity index (χ0) is 12.0. The third kappa shape index (κ3) is 1.50. The Hall–Kier alpha value is -1.89. The normalized spacial score (nSPS) is 18.4. The highest BCUT2D eigenvalue weighted by atomic mass is 16.3. The van der Waals surface area contributed by atoms with E-state index in [1.165, 1.54) is 10.7 Å². The van der Waals surface area contributed by atoms with E-state index in [0.717, 1.165) is 12.2 Å². The van der Waals surface area contributed by atoms with Crippen molar-refractivity contribution in [3.05, 3.63) is 22.9 Å². The van der Waals surface area contributed by atoms with E-state index in [0.29, 0.717) is 18.7 Å². The highest BCUT2D eigenvalue weighted by molar-refractivity contribution is 5.52. The first kappa shape index (κ1) is 10.3. The van der Waals surface area contributed by atoms with Crippen LogP contribution in [0.15, 0.2) is 17.2 Å². The molecule has 2 aromatic rings. The topological polar surface area (TPSA) is 86.5 Å². The molecular weight excluding hydrogens is 222 g/mol. The molecule has 2 N–H and O–H groups in total. The molecule has 2 aromatic heterocycles. The molecule has 0 atom stereocenters. The molecule has 0 spiro atoms. The van der Waals surface area contributed by atoms with Gasteiger partial charge in [0.25, 0.3) is 0 Å². The molecule has 1 aliphatic heterocycles. The Morgan fingerprint density at radius 2 is 2.35 bits per heavy atom. The van der Waals surface area contributed by atoms with Gasteiger partial charge in [0.15, 0.2) is 5.65 Å². The quantitative estimate of drug-likeness (QED) is 0.724. The summed E-state index contributed by atoms with van der Waals surface area (Å²) < 4.78 is 1.34. The van der Waals surface area contributed by atoms with Gasteiger partial charge < -0.3 is 10.0 Å². The van der Waals surface area contributed by atoms with E-state index in [9.17, 15) is 9.90 Å². The minimum absolute atomic E-state index is 0.298. The summed E-state index contributed by atoms with van der Waals surface area (Å²) in [6, 6.07) is 1.73. The predicted molar refractivity (Wildman–Crippen MR) is 61.1 cm³/mol. The second-order valence-corrected chi connectivity index (χ2v) is 4.44. The first-order chi connectivity index (χ1) is 8.11. The summed E-state index contributed by atoms with van der Waals surface area (Å²) >= 11 is 0. The van der Waals surface area contributed by atoms with Crippen LogP contribution in [0, 0.1) is 0 Å². The van der Waals surface area contributed by atoms with Crippen LogP contribution in [-0.2, 0) is 0 Å². The van der Waals surface area contributed by atoms with E-state index in [2.05, 4.69) is 15.2 Å². The zero-order valence-electron chi connectivity index (χ0n) is 9.42. The van der Waals surface area contributed by atoms with Gasteiger partial charge >= 0.3 is 5.69 Å². The van der Waals surface area contributed by atoms with Crippen LogP contribution in [0.4, 0.5) is 5.82 Å². The van der Waals surface area contributed by atoms with Crippen molar-refractivity contribution in [2.45, 2.75) is 18.9 Å². The second-order valence-electron chi connectivity index (χ2n) is 4.44. The zero-order valence-corrected chi connectivity index (χ0v) is 9.42. The molecule has 0 radical (unpaired) electrons. The van der Waals surface area contributed by atoms with E-state index in [4.69, 9.17) is 0 Å². The van der Waals surface area contributed by atoms with Gasteiger partial charge in [-0.05, 0) is 6.42 Å². The van der Waals surface area contributed by atoms with Crippen molar-refractivity contribution >= 4 is 11.5 Å². The Balaban J connectivity index is 1.90. The lowest BCUT2D eigenvalue weighted by Gasteiger charge is -2.46. The van der Waals surface area contributed by atoms with Crippen molar-refractivity contribution in [1.82, 2.24) is 19.6 Å². The number of aromatic amines is 1. The van der Waals surface area contributed by atoms with Gasteiger partial charge in [-0.15, -0.1) is 0 Å². The van der Waals surface area contributed by atoms with E-state index >= 15 is 0 Å². The molecule has 3 heterocycles. The summed E-state index contributed by atoms with van der Waals surface area (Å²) in [7, 11) is 0. The fourth-order valence-corrected chi connectivity index (χ4v) is 2.02. The SMILES string of the molecule is CCC1(O)CN(c2cc3n[nH]c(=O)n3cn2)C1. The van der Waals surface area contributed by atoms with E-state index in [1.807, 2.05) is 11.8 Å². The molecule has 0 bridgehead atoms. The van der Waals surface area contributed by atoms with Crippen molar-refractivity contribution < 1.29 is 5.11 Å². The fraction of sp³-hybridized carbons (Fsp3) is 0.500. The van der Waals surface area contributed by atoms with Crippen LogP contribution in [0.5, 0.6) is 0 Å². The molecule has 0 amide bonds. The van der Waals surface area contributed by atoms with Crippen LogP contribution in [0.25, 0.3) is 5.65 Å². The van der Waals surface area contributed by atoms with Crippen molar-refractivity contribution in [3.8, 4) is 0 Å². The number of H-pyrrole nitrogens is 1. The fourth-order valence-electron chi connectivity index (χ4n) is 2.02. The molecule has 0 saturated carbocycles. The lowest BCUT2D eigenvalue weighted by molar-refractivity contribution is 0.00806. The molecule has 3 rings (SSSR count). The third-order valence-electron chi connectivity index (χ3n) is 3.25. The van der Waals surface area contributed by atoms with Crippen LogP contribution in [0.2, 0.25) is 0 Å². The van der Waals surface area contributed by atoms with Crippen molar-refractivity contribution in [2.75, 3.05) is 18.0 Å². The van der Waals surface area contributed by atoms with Gasteiger partial charge in [0.1, 0.15) is 12.1 Å². The standard InChI is InChI=1S/C10H13N5O2/c1-2-10(17)4-14(5-10)7-3-8-12-13-9(16)15(8)6-11-7/h3,6,17H,2,4-5H2,1H3,(H,13,16). The maximum absolute atomic E-state index is 11.2. The summed E-state index contributed by atoms with van der Waals surface area (Å²) in [6.45, 7) is 3.10. The minimum atomic E-state index is -0.598. The van der Waals surface area contributed by atoms with Crippen LogP contribution in [0.3, 0.4) is 0 Å². The molecule has 0 unspecified atom stereocenters.